The van der Waals surface area contributed by atoms with Gasteiger partial charge in [-0.05, 0) is 39.0 Å². The fourth-order valence-electron chi connectivity index (χ4n) is 1.68. The first kappa shape index (κ1) is 11.1. The molecule has 1 atom stereocenters. The van der Waals surface area contributed by atoms with Gasteiger partial charge in [0.2, 0.25) is 0 Å². The number of H-pyrrole nitrogens is 1. The van der Waals surface area contributed by atoms with E-state index in [0.29, 0.717) is 0 Å². The zero-order valence-corrected chi connectivity index (χ0v) is 10.5. The smallest absolute Gasteiger partial charge is 0.0867 e. The van der Waals surface area contributed by atoms with Crippen LogP contribution in [0.4, 0.5) is 0 Å². The van der Waals surface area contributed by atoms with Crippen molar-refractivity contribution < 1.29 is 4.21 Å². The molecule has 0 fully saturated rings. The van der Waals surface area contributed by atoms with Gasteiger partial charge in [-0.25, -0.2) is 4.21 Å². The van der Waals surface area contributed by atoms with Crippen LogP contribution in [-0.4, -0.2) is 9.19 Å². The molecule has 1 unspecified atom stereocenters. The number of aromatic nitrogens is 1. The van der Waals surface area contributed by atoms with Gasteiger partial charge in [0, 0.05) is 16.3 Å². The maximum Gasteiger partial charge on any atom is 0.0867 e. The van der Waals surface area contributed by atoms with Crippen LogP contribution in [-0.2, 0) is 10.8 Å². The van der Waals surface area contributed by atoms with Gasteiger partial charge < -0.3 is 4.98 Å². The van der Waals surface area contributed by atoms with E-state index in [1.165, 1.54) is 5.56 Å². The summed E-state index contributed by atoms with van der Waals surface area (Å²) < 4.78 is 12.3. The summed E-state index contributed by atoms with van der Waals surface area (Å²) >= 11 is 0. The van der Waals surface area contributed by atoms with E-state index in [1.807, 2.05) is 51.1 Å². The van der Waals surface area contributed by atoms with Crippen molar-refractivity contribution in [2.75, 3.05) is 0 Å². The predicted octanol–water partition coefficient (Wildman–Crippen LogP) is 3.11. The molecule has 0 aliphatic rings. The van der Waals surface area contributed by atoms with Gasteiger partial charge in [0.1, 0.15) is 0 Å². The van der Waals surface area contributed by atoms with Crippen molar-refractivity contribution in [1.29, 1.82) is 0 Å². The molecule has 84 valence electrons. The molecule has 0 saturated carbocycles. The summed E-state index contributed by atoms with van der Waals surface area (Å²) in [6.07, 6.45) is 0. The minimum Gasteiger partial charge on any atom is -0.362 e. The number of hydrogen-bond acceptors (Lipinski definition) is 1. The standard InChI is InChI=1S/C13H15NOS/c1-9-4-6-12(7-5-9)16(15)13-8-10(2)14-11(13)3/h4-8,14H,1-3H3. The van der Waals surface area contributed by atoms with Crippen LogP contribution >= 0.6 is 0 Å². The van der Waals surface area contributed by atoms with Crippen molar-refractivity contribution in [2.24, 2.45) is 0 Å². The zero-order chi connectivity index (χ0) is 11.7. The summed E-state index contributed by atoms with van der Waals surface area (Å²) in [5.74, 6) is 0. The third kappa shape index (κ3) is 2.09. The maximum absolute atomic E-state index is 12.3. The van der Waals surface area contributed by atoms with Crippen LogP contribution in [0, 0.1) is 20.8 Å². The van der Waals surface area contributed by atoms with Crippen LogP contribution in [0.3, 0.4) is 0 Å². The van der Waals surface area contributed by atoms with Crippen molar-refractivity contribution >= 4 is 10.8 Å². The van der Waals surface area contributed by atoms with Gasteiger partial charge >= 0.3 is 0 Å². The molecule has 0 spiro atoms. The highest BCUT2D eigenvalue weighted by Crippen LogP contribution is 2.20. The summed E-state index contributed by atoms with van der Waals surface area (Å²) in [6, 6.07) is 9.77. The van der Waals surface area contributed by atoms with Gasteiger partial charge in [-0.3, -0.25) is 0 Å². The van der Waals surface area contributed by atoms with Crippen LogP contribution in [0.2, 0.25) is 0 Å². The largest absolute Gasteiger partial charge is 0.362 e. The van der Waals surface area contributed by atoms with E-state index >= 15 is 0 Å². The molecule has 0 bridgehead atoms. The Bertz CT molecular complexity index is 525. The lowest BCUT2D eigenvalue weighted by atomic mass is 10.2. The van der Waals surface area contributed by atoms with Crippen molar-refractivity contribution in [1.82, 2.24) is 4.98 Å². The van der Waals surface area contributed by atoms with Crippen molar-refractivity contribution in [3.63, 3.8) is 0 Å². The summed E-state index contributed by atoms with van der Waals surface area (Å²) in [6.45, 7) is 5.95. The molecule has 3 heteroatoms. The number of nitrogens with one attached hydrogen (secondary N) is 1. The normalized spacial score (nSPS) is 12.7. The Morgan fingerprint density at radius 1 is 1.06 bits per heavy atom. The zero-order valence-electron chi connectivity index (χ0n) is 9.70. The topological polar surface area (TPSA) is 32.9 Å². The number of benzene rings is 1. The minimum atomic E-state index is -1.08. The molecule has 0 amide bonds. The summed E-state index contributed by atoms with van der Waals surface area (Å²) in [7, 11) is -1.08. The lowest BCUT2D eigenvalue weighted by Crippen LogP contribution is -1.93. The third-order valence-electron chi connectivity index (χ3n) is 2.54. The molecular formula is C13H15NOS. The second kappa shape index (κ2) is 4.26. The van der Waals surface area contributed by atoms with E-state index in [2.05, 4.69) is 4.98 Å². The van der Waals surface area contributed by atoms with Crippen LogP contribution < -0.4 is 0 Å². The van der Waals surface area contributed by atoms with Gasteiger partial charge in [0.05, 0.1) is 15.7 Å². The van der Waals surface area contributed by atoms with Crippen LogP contribution in [0.25, 0.3) is 0 Å². The summed E-state index contributed by atoms with van der Waals surface area (Å²) in [4.78, 5) is 4.91. The van der Waals surface area contributed by atoms with Crippen molar-refractivity contribution in [3.8, 4) is 0 Å². The fourth-order valence-corrected chi connectivity index (χ4v) is 2.93. The molecule has 2 nitrogen and oxygen atoms in total. The number of aromatic amines is 1. The van der Waals surface area contributed by atoms with E-state index in [9.17, 15) is 4.21 Å². The molecule has 1 aromatic heterocycles. The molecule has 0 saturated heterocycles. The van der Waals surface area contributed by atoms with Crippen LogP contribution in [0.5, 0.6) is 0 Å². The lowest BCUT2D eigenvalue weighted by Gasteiger charge is -2.01. The highest BCUT2D eigenvalue weighted by Gasteiger charge is 2.11. The van der Waals surface area contributed by atoms with E-state index in [4.69, 9.17) is 0 Å². The second-order valence-electron chi connectivity index (χ2n) is 4.02. The van der Waals surface area contributed by atoms with Gasteiger partial charge in [-0.1, -0.05) is 17.7 Å². The van der Waals surface area contributed by atoms with Crippen LogP contribution in [0.1, 0.15) is 17.0 Å². The molecule has 0 aliphatic carbocycles. The van der Waals surface area contributed by atoms with Crippen molar-refractivity contribution in [3.05, 3.63) is 47.3 Å². The molecule has 1 aromatic carbocycles. The maximum atomic E-state index is 12.3. The van der Waals surface area contributed by atoms with E-state index in [1.54, 1.807) is 0 Å². The quantitative estimate of drug-likeness (QED) is 0.849. The van der Waals surface area contributed by atoms with E-state index in [-0.39, 0.29) is 0 Å². The van der Waals surface area contributed by atoms with Gasteiger partial charge in [0.15, 0.2) is 0 Å². The summed E-state index contributed by atoms with van der Waals surface area (Å²) in [5, 5.41) is 0. The van der Waals surface area contributed by atoms with E-state index in [0.717, 1.165) is 21.2 Å². The number of hydrogen-bond donors (Lipinski definition) is 1. The Kier molecular flexibility index (Phi) is 2.97. The monoisotopic (exact) mass is 233 g/mol. The first-order chi connectivity index (χ1) is 7.58. The Morgan fingerprint density at radius 2 is 1.69 bits per heavy atom. The second-order valence-corrected chi connectivity index (χ2v) is 5.47. The molecule has 2 rings (SSSR count). The highest BCUT2D eigenvalue weighted by atomic mass is 32.2. The highest BCUT2D eigenvalue weighted by molar-refractivity contribution is 7.85. The molecule has 0 aliphatic heterocycles. The molecular weight excluding hydrogens is 218 g/mol. The Balaban J connectivity index is 2.39. The molecule has 16 heavy (non-hydrogen) atoms. The number of rotatable bonds is 2. The van der Waals surface area contributed by atoms with Crippen molar-refractivity contribution in [2.45, 2.75) is 30.6 Å². The first-order valence-corrected chi connectivity index (χ1v) is 6.37. The minimum absolute atomic E-state index is 0.854. The molecule has 1 heterocycles. The number of aryl methyl sites for hydroxylation is 3. The van der Waals surface area contributed by atoms with Gasteiger partial charge in [-0.2, -0.15) is 0 Å². The summed E-state index contributed by atoms with van der Waals surface area (Å²) in [5.41, 5.74) is 3.21. The molecule has 2 aromatic rings. The average molecular weight is 233 g/mol. The molecule has 0 radical (unpaired) electrons. The average Bonchev–Trinajstić information content (AvgIpc) is 2.58. The Morgan fingerprint density at radius 3 is 2.19 bits per heavy atom. The Labute approximate surface area is 98.2 Å². The first-order valence-electron chi connectivity index (χ1n) is 5.22. The lowest BCUT2D eigenvalue weighted by molar-refractivity contribution is 0.682. The SMILES string of the molecule is Cc1ccc(S(=O)c2cc(C)[nH]c2C)cc1. The Hall–Kier alpha value is -1.35. The fraction of sp³-hybridized carbons (Fsp3) is 0.231. The van der Waals surface area contributed by atoms with Gasteiger partial charge in [0.25, 0.3) is 0 Å². The molecule has 1 N–H and O–H groups in total. The third-order valence-corrected chi connectivity index (χ3v) is 4.06. The van der Waals surface area contributed by atoms with Crippen LogP contribution in [0.15, 0.2) is 40.1 Å². The van der Waals surface area contributed by atoms with E-state index < -0.39 is 10.8 Å². The predicted molar refractivity (Wildman–Crippen MR) is 66.1 cm³/mol. The van der Waals surface area contributed by atoms with Gasteiger partial charge in [-0.15, -0.1) is 0 Å².